The monoisotopic (exact) mass is 373 g/mol. The van der Waals surface area contributed by atoms with Crippen LogP contribution in [0.3, 0.4) is 0 Å². The van der Waals surface area contributed by atoms with Gasteiger partial charge in [0.15, 0.2) is 0 Å². The molecule has 146 valence electrons. The van der Waals surface area contributed by atoms with Crippen LogP contribution in [0.2, 0.25) is 0 Å². The second-order valence-electron chi connectivity index (χ2n) is 8.43. The molecule has 0 spiro atoms. The van der Waals surface area contributed by atoms with Gasteiger partial charge in [-0.2, -0.15) is 0 Å². The van der Waals surface area contributed by atoms with E-state index >= 15 is 0 Å². The van der Waals surface area contributed by atoms with Gasteiger partial charge in [0.25, 0.3) is 0 Å². The summed E-state index contributed by atoms with van der Waals surface area (Å²) in [4.78, 5) is 30.2. The number of fused-ring (bicyclic) bond motifs is 1. The molecular formula is C20H27N3O4. The summed E-state index contributed by atoms with van der Waals surface area (Å²) in [5.41, 5.74) is -0.802. The molecule has 3 N–H and O–H groups in total. The average Bonchev–Trinajstić information content (AvgIpc) is 3.23. The van der Waals surface area contributed by atoms with E-state index in [2.05, 4.69) is 10.3 Å². The molecule has 0 radical (unpaired) electrons. The first-order chi connectivity index (χ1) is 12.9. The van der Waals surface area contributed by atoms with E-state index < -0.39 is 17.0 Å². The van der Waals surface area contributed by atoms with Gasteiger partial charge >= 0.3 is 12.0 Å². The SMILES string of the molecule is O=C(NC1CCC(O)(c2cccnc2)CC1)N1C[C@@H]2CCC[C@@]2(C(=O)O)C1. The highest BCUT2D eigenvalue weighted by molar-refractivity contribution is 5.80. The van der Waals surface area contributed by atoms with E-state index in [9.17, 15) is 19.8 Å². The van der Waals surface area contributed by atoms with Gasteiger partial charge in [-0.15, -0.1) is 0 Å². The normalized spacial score (nSPS) is 35.7. The number of hydrogen-bond acceptors (Lipinski definition) is 4. The van der Waals surface area contributed by atoms with Crippen LogP contribution >= 0.6 is 0 Å². The number of carbonyl (C=O) groups excluding carboxylic acids is 1. The van der Waals surface area contributed by atoms with E-state index in [4.69, 9.17) is 0 Å². The van der Waals surface area contributed by atoms with Gasteiger partial charge in [-0.1, -0.05) is 12.5 Å². The number of hydrogen-bond donors (Lipinski definition) is 3. The van der Waals surface area contributed by atoms with E-state index in [-0.39, 0.29) is 18.0 Å². The van der Waals surface area contributed by atoms with Crippen molar-refractivity contribution in [1.82, 2.24) is 15.2 Å². The van der Waals surface area contributed by atoms with Gasteiger partial charge in [-0.3, -0.25) is 9.78 Å². The maximum atomic E-state index is 12.7. The molecule has 2 amide bonds. The molecule has 1 aromatic rings. The number of carboxylic acid groups (broad SMARTS) is 1. The molecular weight excluding hydrogens is 346 g/mol. The maximum Gasteiger partial charge on any atom is 0.317 e. The third-order valence-corrected chi connectivity index (χ3v) is 6.92. The molecule has 1 saturated heterocycles. The Morgan fingerprint density at radius 2 is 2.00 bits per heavy atom. The topological polar surface area (TPSA) is 103 Å². The Hall–Kier alpha value is -2.15. The molecule has 27 heavy (non-hydrogen) atoms. The number of nitrogens with one attached hydrogen (secondary N) is 1. The van der Waals surface area contributed by atoms with Gasteiger partial charge in [-0.05, 0) is 50.5 Å². The van der Waals surface area contributed by atoms with E-state index in [0.717, 1.165) is 18.4 Å². The fourth-order valence-corrected chi connectivity index (χ4v) is 5.23. The van der Waals surface area contributed by atoms with Crippen LogP contribution in [0.15, 0.2) is 24.5 Å². The van der Waals surface area contributed by atoms with Crippen LogP contribution in [0.25, 0.3) is 0 Å². The molecule has 2 atom stereocenters. The number of carbonyl (C=O) groups is 2. The van der Waals surface area contributed by atoms with Crippen molar-refractivity contribution in [2.45, 2.75) is 56.6 Å². The molecule has 3 aliphatic rings. The van der Waals surface area contributed by atoms with Gasteiger partial charge in [0.2, 0.25) is 0 Å². The van der Waals surface area contributed by atoms with Gasteiger partial charge in [0.1, 0.15) is 0 Å². The standard InChI is InChI=1S/C20H27N3O4/c24-17(25)19-7-1-3-15(19)12-23(13-19)18(26)22-16-5-8-20(27,9-6-16)14-4-2-10-21-11-14/h2,4,10-11,15-16,27H,1,3,5-9,12-13H2,(H,22,26)(H,24,25)/t15-,16?,19+,20?/m0/s1. The van der Waals surface area contributed by atoms with Crippen molar-refractivity contribution in [2.75, 3.05) is 13.1 Å². The Morgan fingerprint density at radius 1 is 1.22 bits per heavy atom. The van der Waals surface area contributed by atoms with Crippen LogP contribution in [0.5, 0.6) is 0 Å². The van der Waals surface area contributed by atoms with E-state index in [1.807, 2.05) is 12.1 Å². The summed E-state index contributed by atoms with van der Waals surface area (Å²) in [7, 11) is 0. The summed E-state index contributed by atoms with van der Waals surface area (Å²) >= 11 is 0. The number of aliphatic carboxylic acids is 1. The fraction of sp³-hybridized carbons (Fsp3) is 0.650. The van der Waals surface area contributed by atoms with Gasteiger partial charge in [0, 0.05) is 37.1 Å². The Balaban J connectivity index is 1.34. The minimum Gasteiger partial charge on any atom is -0.481 e. The zero-order valence-corrected chi connectivity index (χ0v) is 15.4. The summed E-state index contributed by atoms with van der Waals surface area (Å²) in [6, 6.07) is 3.56. The van der Waals surface area contributed by atoms with Crippen molar-refractivity contribution in [1.29, 1.82) is 0 Å². The smallest absolute Gasteiger partial charge is 0.317 e. The van der Waals surface area contributed by atoms with Crippen LogP contribution in [-0.4, -0.2) is 51.2 Å². The average molecular weight is 373 g/mol. The lowest BCUT2D eigenvalue weighted by Gasteiger charge is -2.37. The summed E-state index contributed by atoms with van der Waals surface area (Å²) in [6.45, 7) is 0.843. The molecule has 2 aliphatic carbocycles. The zero-order valence-electron chi connectivity index (χ0n) is 15.4. The summed E-state index contributed by atoms with van der Waals surface area (Å²) < 4.78 is 0. The maximum absolute atomic E-state index is 12.7. The molecule has 2 heterocycles. The van der Waals surface area contributed by atoms with E-state index in [0.29, 0.717) is 45.2 Å². The molecule has 4 rings (SSSR count). The van der Waals surface area contributed by atoms with Crippen LogP contribution < -0.4 is 5.32 Å². The van der Waals surface area contributed by atoms with E-state index in [1.165, 1.54) is 0 Å². The number of nitrogens with zero attached hydrogens (tertiary/aromatic N) is 2. The minimum absolute atomic E-state index is 0.00988. The quantitative estimate of drug-likeness (QED) is 0.753. The van der Waals surface area contributed by atoms with Gasteiger partial charge in [0.05, 0.1) is 11.0 Å². The van der Waals surface area contributed by atoms with Gasteiger partial charge < -0.3 is 20.4 Å². The van der Waals surface area contributed by atoms with Crippen LogP contribution in [-0.2, 0) is 10.4 Å². The van der Waals surface area contributed by atoms with Crippen molar-refractivity contribution in [3.63, 3.8) is 0 Å². The third-order valence-electron chi connectivity index (χ3n) is 6.92. The van der Waals surface area contributed by atoms with Crippen LogP contribution in [0.4, 0.5) is 4.79 Å². The number of likely N-dealkylation sites (tertiary alicyclic amines) is 1. The van der Waals surface area contributed by atoms with Crippen LogP contribution in [0, 0.1) is 11.3 Å². The molecule has 0 unspecified atom stereocenters. The fourth-order valence-electron chi connectivity index (χ4n) is 5.23. The van der Waals surface area contributed by atoms with Crippen molar-refractivity contribution in [3.05, 3.63) is 30.1 Å². The first-order valence-corrected chi connectivity index (χ1v) is 9.85. The zero-order chi connectivity index (χ0) is 19.1. The molecule has 2 saturated carbocycles. The second kappa shape index (κ2) is 6.78. The lowest BCUT2D eigenvalue weighted by molar-refractivity contribution is -0.149. The number of urea groups is 1. The van der Waals surface area contributed by atoms with Crippen molar-refractivity contribution in [3.8, 4) is 0 Å². The molecule has 0 bridgehead atoms. The lowest BCUT2D eigenvalue weighted by atomic mass is 9.78. The summed E-state index contributed by atoms with van der Waals surface area (Å²) in [5.74, 6) is -0.692. The number of rotatable bonds is 3. The molecule has 1 aromatic heterocycles. The number of amides is 2. The van der Waals surface area contributed by atoms with Gasteiger partial charge in [-0.25, -0.2) is 4.79 Å². The predicted octanol–water partition coefficient (Wildman–Crippen LogP) is 2.11. The van der Waals surface area contributed by atoms with Crippen LogP contribution in [0.1, 0.15) is 50.5 Å². The summed E-state index contributed by atoms with van der Waals surface area (Å²) in [6.07, 6.45) is 8.41. The highest BCUT2D eigenvalue weighted by atomic mass is 16.4. The summed E-state index contributed by atoms with van der Waals surface area (Å²) in [5, 5.41) is 23.6. The predicted molar refractivity (Wildman–Crippen MR) is 97.9 cm³/mol. The Kier molecular flexibility index (Phi) is 4.58. The largest absolute Gasteiger partial charge is 0.481 e. The first-order valence-electron chi connectivity index (χ1n) is 9.85. The number of aliphatic hydroxyl groups is 1. The Labute approximate surface area is 158 Å². The second-order valence-corrected chi connectivity index (χ2v) is 8.43. The highest BCUT2D eigenvalue weighted by Gasteiger charge is 2.56. The van der Waals surface area contributed by atoms with Crippen molar-refractivity contribution >= 4 is 12.0 Å². The Bertz CT molecular complexity index is 717. The minimum atomic E-state index is -0.881. The highest BCUT2D eigenvalue weighted by Crippen LogP contribution is 2.49. The lowest BCUT2D eigenvalue weighted by Crippen LogP contribution is -2.48. The molecule has 7 heteroatoms. The first kappa shape index (κ1) is 18.2. The number of carboxylic acids is 1. The van der Waals surface area contributed by atoms with Crippen molar-refractivity contribution in [2.24, 2.45) is 11.3 Å². The molecule has 1 aliphatic heterocycles. The molecule has 7 nitrogen and oxygen atoms in total. The molecule has 3 fully saturated rings. The number of pyridine rings is 1. The van der Waals surface area contributed by atoms with Crippen molar-refractivity contribution < 1.29 is 19.8 Å². The number of aromatic nitrogens is 1. The Morgan fingerprint density at radius 3 is 2.63 bits per heavy atom. The molecule has 0 aromatic carbocycles. The van der Waals surface area contributed by atoms with E-state index in [1.54, 1.807) is 17.3 Å². The third kappa shape index (κ3) is 3.18.